The van der Waals surface area contributed by atoms with Crippen LogP contribution in [0.15, 0.2) is 18.2 Å². The Bertz CT molecular complexity index is 502. The molecule has 1 aromatic carbocycles. The molecule has 0 aromatic heterocycles. The summed E-state index contributed by atoms with van der Waals surface area (Å²) in [6.07, 6.45) is 2.46. The van der Waals surface area contributed by atoms with Crippen LogP contribution in [-0.4, -0.2) is 30.4 Å². The maximum absolute atomic E-state index is 12.0. The van der Waals surface area contributed by atoms with Crippen molar-refractivity contribution >= 4 is 29.3 Å². The van der Waals surface area contributed by atoms with Gasteiger partial charge in [-0.25, -0.2) is 0 Å². The molecule has 0 radical (unpaired) electrons. The second kappa shape index (κ2) is 6.10. The molecule has 1 aliphatic heterocycles. The van der Waals surface area contributed by atoms with E-state index in [1.165, 1.54) is 0 Å². The molecule has 1 heterocycles. The first kappa shape index (κ1) is 13.9. The fraction of sp³-hybridized carbons (Fsp3) is 0.429. The second-order valence-corrected chi connectivity index (χ2v) is 5.78. The molecular weight excluding hydrogens is 260 g/mol. The number of anilines is 1. The van der Waals surface area contributed by atoms with Gasteiger partial charge in [0.2, 0.25) is 5.91 Å². The number of carbonyl (C=O) groups is 2. The third-order valence-corrected chi connectivity index (χ3v) is 3.96. The number of rotatable bonds is 5. The van der Waals surface area contributed by atoms with E-state index in [4.69, 9.17) is 0 Å². The Labute approximate surface area is 117 Å². The van der Waals surface area contributed by atoms with Crippen LogP contribution >= 0.6 is 11.8 Å². The molecule has 2 N–H and O–H groups in total. The molecule has 5 heteroatoms. The number of fused-ring (bicyclic) bond motifs is 1. The summed E-state index contributed by atoms with van der Waals surface area (Å²) in [7, 11) is 0. The van der Waals surface area contributed by atoms with Crippen molar-refractivity contribution in [2.45, 2.75) is 13.3 Å². The summed E-state index contributed by atoms with van der Waals surface area (Å²) in [5.41, 5.74) is 2.31. The van der Waals surface area contributed by atoms with Gasteiger partial charge >= 0.3 is 0 Å². The Morgan fingerprint density at radius 3 is 3.05 bits per heavy atom. The van der Waals surface area contributed by atoms with E-state index in [9.17, 15) is 9.59 Å². The first-order chi connectivity index (χ1) is 9.10. The fourth-order valence-corrected chi connectivity index (χ4v) is 2.75. The molecule has 0 bridgehead atoms. The van der Waals surface area contributed by atoms with E-state index in [0.29, 0.717) is 24.4 Å². The van der Waals surface area contributed by atoms with Crippen molar-refractivity contribution < 1.29 is 9.59 Å². The molecule has 1 unspecified atom stereocenters. The predicted octanol–water partition coefficient (Wildman–Crippen LogP) is 1.91. The quantitative estimate of drug-likeness (QED) is 0.865. The molecule has 0 fully saturated rings. The third-order valence-electron chi connectivity index (χ3n) is 3.06. The number of amides is 2. The van der Waals surface area contributed by atoms with Gasteiger partial charge in [-0.1, -0.05) is 13.0 Å². The van der Waals surface area contributed by atoms with Crippen molar-refractivity contribution in [1.29, 1.82) is 0 Å². The Morgan fingerprint density at radius 2 is 2.32 bits per heavy atom. The lowest BCUT2D eigenvalue weighted by molar-refractivity contribution is -0.115. The van der Waals surface area contributed by atoms with E-state index in [1.807, 2.05) is 6.07 Å². The van der Waals surface area contributed by atoms with Gasteiger partial charge in [0.15, 0.2) is 0 Å². The van der Waals surface area contributed by atoms with Crippen LogP contribution in [0.2, 0.25) is 0 Å². The number of thioether (sulfide) groups is 1. The molecule has 2 rings (SSSR count). The van der Waals surface area contributed by atoms with Crippen LogP contribution < -0.4 is 10.6 Å². The largest absolute Gasteiger partial charge is 0.352 e. The van der Waals surface area contributed by atoms with Crippen LogP contribution in [0.3, 0.4) is 0 Å². The van der Waals surface area contributed by atoms with Crippen molar-refractivity contribution in [1.82, 2.24) is 5.32 Å². The molecule has 2 amide bonds. The van der Waals surface area contributed by atoms with Gasteiger partial charge in [-0.2, -0.15) is 11.8 Å². The lowest BCUT2D eigenvalue weighted by Gasteiger charge is -2.11. The highest BCUT2D eigenvalue weighted by Gasteiger charge is 2.19. The highest BCUT2D eigenvalue weighted by atomic mass is 32.2. The molecule has 0 saturated carbocycles. The van der Waals surface area contributed by atoms with Crippen molar-refractivity contribution in [3.8, 4) is 0 Å². The molecule has 1 aromatic rings. The molecule has 1 atom stereocenters. The van der Waals surface area contributed by atoms with Crippen molar-refractivity contribution in [3.63, 3.8) is 0 Å². The third kappa shape index (κ3) is 3.50. The van der Waals surface area contributed by atoms with E-state index in [-0.39, 0.29) is 11.8 Å². The van der Waals surface area contributed by atoms with E-state index in [2.05, 4.69) is 23.8 Å². The minimum Gasteiger partial charge on any atom is -0.352 e. The van der Waals surface area contributed by atoms with Gasteiger partial charge in [0, 0.05) is 17.8 Å². The zero-order valence-corrected chi connectivity index (χ0v) is 12.0. The van der Waals surface area contributed by atoms with Crippen molar-refractivity contribution in [2.24, 2.45) is 5.92 Å². The van der Waals surface area contributed by atoms with Gasteiger partial charge in [-0.05, 0) is 35.6 Å². The van der Waals surface area contributed by atoms with Crippen LogP contribution in [0, 0.1) is 5.92 Å². The molecule has 0 spiro atoms. The first-order valence-electron chi connectivity index (χ1n) is 6.30. The average Bonchev–Trinajstić information content (AvgIpc) is 2.75. The van der Waals surface area contributed by atoms with Crippen LogP contribution in [-0.2, 0) is 11.2 Å². The Morgan fingerprint density at radius 1 is 1.53 bits per heavy atom. The van der Waals surface area contributed by atoms with Gasteiger partial charge in [0.25, 0.3) is 5.91 Å². The van der Waals surface area contributed by atoms with Crippen molar-refractivity contribution in [2.75, 3.05) is 23.9 Å². The summed E-state index contributed by atoms with van der Waals surface area (Å²) in [6.45, 7) is 2.78. The molecule has 1 aliphatic rings. The Kier molecular flexibility index (Phi) is 4.47. The van der Waals surface area contributed by atoms with E-state index < -0.39 is 0 Å². The van der Waals surface area contributed by atoms with Crippen LogP contribution in [0.4, 0.5) is 5.69 Å². The average molecular weight is 278 g/mol. The standard InChI is InChI=1S/C14H18N2O2S/c1-9(8-19-2)7-15-14(18)11-4-3-10-6-13(17)16-12(10)5-11/h3-5,9H,6-8H2,1-2H3,(H,15,18)(H,16,17). The van der Waals surface area contributed by atoms with Gasteiger partial charge < -0.3 is 10.6 Å². The summed E-state index contributed by atoms with van der Waals surface area (Å²) < 4.78 is 0. The van der Waals surface area contributed by atoms with E-state index in [0.717, 1.165) is 17.0 Å². The van der Waals surface area contributed by atoms with Gasteiger partial charge in [-0.3, -0.25) is 9.59 Å². The van der Waals surface area contributed by atoms with Crippen molar-refractivity contribution in [3.05, 3.63) is 29.3 Å². The molecule has 102 valence electrons. The lowest BCUT2D eigenvalue weighted by atomic mass is 10.1. The molecular formula is C14H18N2O2S. The fourth-order valence-electron chi connectivity index (χ4n) is 2.07. The molecule has 0 aliphatic carbocycles. The van der Waals surface area contributed by atoms with Gasteiger partial charge in [-0.15, -0.1) is 0 Å². The van der Waals surface area contributed by atoms with Gasteiger partial charge in [0.1, 0.15) is 0 Å². The normalized spacial score (nSPS) is 14.7. The predicted molar refractivity (Wildman–Crippen MR) is 78.7 cm³/mol. The van der Waals surface area contributed by atoms with Crippen LogP contribution in [0.5, 0.6) is 0 Å². The minimum atomic E-state index is -0.0862. The van der Waals surface area contributed by atoms with Crippen LogP contribution in [0.25, 0.3) is 0 Å². The highest BCUT2D eigenvalue weighted by Crippen LogP contribution is 2.23. The molecule has 0 saturated heterocycles. The first-order valence-corrected chi connectivity index (χ1v) is 7.69. The Hall–Kier alpha value is -1.49. The molecule has 19 heavy (non-hydrogen) atoms. The summed E-state index contributed by atoms with van der Waals surface area (Å²) in [5, 5.41) is 5.68. The topological polar surface area (TPSA) is 58.2 Å². The summed E-state index contributed by atoms with van der Waals surface area (Å²) in [5.74, 6) is 1.38. The number of benzene rings is 1. The number of hydrogen-bond donors (Lipinski definition) is 2. The molecule has 4 nitrogen and oxygen atoms in total. The zero-order valence-electron chi connectivity index (χ0n) is 11.2. The zero-order chi connectivity index (χ0) is 13.8. The summed E-state index contributed by atoms with van der Waals surface area (Å²) in [4.78, 5) is 23.3. The smallest absolute Gasteiger partial charge is 0.251 e. The number of hydrogen-bond acceptors (Lipinski definition) is 3. The number of nitrogens with one attached hydrogen (secondary N) is 2. The summed E-state index contributed by atoms with van der Waals surface area (Å²) in [6, 6.07) is 5.36. The minimum absolute atomic E-state index is 0.0128. The SMILES string of the molecule is CSCC(C)CNC(=O)c1ccc2c(c1)NC(=O)C2. The Balaban J connectivity index is 1.97. The van der Waals surface area contributed by atoms with E-state index in [1.54, 1.807) is 23.9 Å². The monoisotopic (exact) mass is 278 g/mol. The lowest BCUT2D eigenvalue weighted by Crippen LogP contribution is -2.29. The highest BCUT2D eigenvalue weighted by molar-refractivity contribution is 7.98. The summed E-state index contributed by atoms with van der Waals surface area (Å²) >= 11 is 1.77. The number of carbonyl (C=O) groups excluding carboxylic acids is 2. The second-order valence-electron chi connectivity index (χ2n) is 4.87. The van der Waals surface area contributed by atoms with E-state index >= 15 is 0 Å². The maximum atomic E-state index is 12.0. The van der Waals surface area contributed by atoms with Gasteiger partial charge in [0.05, 0.1) is 6.42 Å². The maximum Gasteiger partial charge on any atom is 0.251 e. The van der Waals surface area contributed by atoms with Crippen LogP contribution in [0.1, 0.15) is 22.8 Å².